The van der Waals surface area contributed by atoms with Crippen LogP contribution < -0.4 is 10.1 Å². The number of aliphatic imine (C=N–C) groups is 1. The minimum atomic E-state index is -0.478. The number of amides is 2. The molecule has 1 atom stereocenters. The molecule has 4 rings (SSSR count). The number of nitrogens with zero attached hydrogens (tertiary/aromatic N) is 2. The molecule has 2 heterocycles. The Morgan fingerprint density at radius 1 is 1.10 bits per heavy atom. The first kappa shape index (κ1) is 19.5. The van der Waals surface area contributed by atoms with E-state index in [9.17, 15) is 9.59 Å². The second-order valence-electron chi connectivity index (χ2n) is 6.63. The summed E-state index contributed by atoms with van der Waals surface area (Å²) in [6.07, 6.45) is 0.0864. The summed E-state index contributed by atoms with van der Waals surface area (Å²) >= 11 is 1.36. The number of carbonyl (C=O) groups excluding carboxylic acids is 2. The van der Waals surface area contributed by atoms with Crippen molar-refractivity contribution in [2.24, 2.45) is 4.99 Å². The van der Waals surface area contributed by atoms with Crippen LogP contribution in [0.2, 0.25) is 0 Å². The predicted octanol–water partition coefficient (Wildman–Crippen LogP) is 3.14. The van der Waals surface area contributed by atoms with E-state index in [-0.39, 0.29) is 18.2 Å². The van der Waals surface area contributed by atoms with Crippen molar-refractivity contribution >= 4 is 34.4 Å². The van der Waals surface area contributed by atoms with Crippen LogP contribution in [0.3, 0.4) is 0 Å². The molecule has 1 N–H and O–H groups in total. The maximum absolute atomic E-state index is 12.4. The molecular weight excluding hydrogens is 390 g/mol. The number of nitrogens with one attached hydrogen (secondary N) is 1. The van der Waals surface area contributed by atoms with Gasteiger partial charge in [0.2, 0.25) is 5.91 Å². The molecule has 2 amide bonds. The van der Waals surface area contributed by atoms with Crippen molar-refractivity contribution in [3.8, 4) is 11.5 Å². The van der Waals surface area contributed by atoms with Gasteiger partial charge < -0.3 is 19.7 Å². The largest absolute Gasteiger partial charge is 0.457 e. The fraction of sp³-hybridized carbons (Fsp3) is 0.286. The Labute approximate surface area is 173 Å². The van der Waals surface area contributed by atoms with E-state index in [1.807, 2.05) is 35.2 Å². The minimum absolute atomic E-state index is 0.0864. The molecule has 7 nitrogen and oxygen atoms in total. The number of carbonyl (C=O) groups is 2. The Hall–Kier alpha value is -2.84. The van der Waals surface area contributed by atoms with Gasteiger partial charge in [-0.1, -0.05) is 30.0 Å². The molecule has 29 heavy (non-hydrogen) atoms. The number of thioether (sulfide) groups is 1. The van der Waals surface area contributed by atoms with Crippen LogP contribution in [0.1, 0.15) is 6.42 Å². The van der Waals surface area contributed by atoms with Gasteiger partial charge in [0.25, 0.3) is 5.91 Å². The lowest BCUT2D eigenvalue weighted by Crippen LogP contribution is -2.39. The molecule has 2 aliphatic heterocycles. The van der Waals surface area contributed by atoms with Crippen molar-refractivity contribution in [1.82, 2.24) is 4.90 Å². The Balaban J connectivity index is 1.28. The number of morpholine rings is 1. The third-order valence-electron chi connectivity index (χ3n) is 4.50. The lowest BCUT2D eigenvalue weighted by Gasteiger charge is -2.27. The summed E-state index contributed by atoms with van der Waals surface area (Å²) in [5, 5.41) is 3.05. The fourth-order valence-corrected chi connectivity index (χ4v) is 4.13. The normalized spacial score (nSPS) is 19.0. The van der Waals surface area contributed by atoms with Crippen LogP contribution in [-0.2, 0) is 14.3 Å². The molecule has 0 spiro atoms. The standard InChI is InChI=1S/C21H21N3O4S/c25-19(14-18-20(26)23-21(29-18)24-10-12-27-13-11-24)22-15-6-8-17(9-7-15)28-16-4-2-1-3-5-16/h1-9,18H,10-14H2,(H,22,25). The van der Waals surface area contributed by atoms with Gasteiger partial charge in [-0.15, -0.1) is 0 Å². The maximum atomic E-state index is 12.4. The Bertz CT molecular complexity index is 896. The Kier molecular flexibility index (Phi) is 6.12. The van der Waals surface area contributed by atoms with Gasteiger partial charge in [0.15, 0.2) is 5.17 Å². The summed E-state index contributed by atoms with van der Waals surface area (Å²) in [5.41, 5.74) is 0.653. The van der Waals surface area contributed by atoms with Crippen LogP contribution >= 0.6 is 11.8 Å². The van der Waals surface area contributed by atoms with E-state index >= 15 is 0 Å². The summed E-state index contributed by atoms with van der Waals surface area (Å²) in [4.78, 5) is 30.7. The van der Waals surface area contributed by atoms with Crippen LogP contribution in [0.5, 0.6) is 11.5 Å². The molecule has 2 aliphatic rings. The number of amidine groups is 1. The van der Waals surface area contributed by atoms with Crippen LogP contribution in [0, 0.1) is 0 Å². The fourth-order valence-electron chi connectivity index (χ4n) is 3.01. The molecule has 1 unspecified atom stereocenters. The number of hydrogen-bond acceptors (Lipinski definition) is 6. The first-order chi connectivity index (χ1) is 14.2. The van der Waals surface area contributed by atoms with Crippen molar-refractivity contribution in [3.05, 3.63) is 54.6 Å². The summed E-state index contributed by atoms with van der Waals surface area (Å²) < 4.78 is 11.1. The van der Waals surface area contributed by atoms with Crippen LogP contribution in [0.4, 0.5) is 5.69 Å². The van der Waals surface area contributed by atoms with Crippen molar-refractivity contribution in [2.45, 2.75) is 11.7 Å². The van der Waals surface area contributed by atoms with E-state index in [4.69, 9.17) is 9.47 Å². The molecule has 0 bridgehead atoms. The average Bonchev–Trinajstić information content (AvgIpc) is 3.11. The van der Waals surface area contributed by atoms with Gasteiger partial charge >= 0.3 is 0 Å². The molecular formula is C21H21N3O4S. The Morgan fingerprint density at radius 2 is 1.79 bits per heavy atom. The van der Waals surface area contributed by atoms with Gasteiger partial charge in [-0.3, -0.25) is 9.59 Å². The van der Waals surface area contributed by atoms with Crippen LogP contribution in [-0.4, -0.2) is 53.4 Å². The Morgan fingerprint density at radius 3 is 2.52 bits per heavy atom. The van der Waals surface area contributed by atoms with Gasteiger partial charge in [0.1, 0.15) is 16.7 Å². The van der Waals surface area contributed by atoms with Gasteiger partial charge in [0, 0.05) is 25.2 Å². The molecule has 2 aromatic rings. The number of ether oxygens (including phenoxy) is 2. The number of anilines is 1. The molecule has 0 radical (unpaired) electrons. The first-order valence-electron chi connectivity index (χ1n) is 9.42. The minimum Gasteiger partial charge on any atom is -0.457 e. The number of para-hydroxylation sites is 1. The topological polar surface area (TPSA) is 80.2 Å². The summed E-state index contributed by atoms with van der Waals surface area (Å²) in [6, 6.07) is 16.6. The quantitative estimate of drug-likeness (QED) is 0.814. The van der Waals surface area contributed by atoms with Crippen molar-refractivity contribution in [3.63, 3.8) is 0 Å². The lowest BCUT2D eigenvalue weighted by molar-refractivity contribution is -0.121. The zero-order chi connectivity index (χ0) is 20.1. The van der Waals surface area contributed by atoms with Crippen LogP contribution in [0.15, 0.2) is 59.6 Å². The third-order valence-corrected chi connectivity index (χ3v) is 5.71. The number of benzene rings is 2. The maximum Gasteiger partial charge on any atom is 0.262 e. The smallest absolute Gasteiger partial charge is 0.262 e. The van der Waals surface area contributed by atoms with E-state index < -0.39 is 5.25 Å². The molecule has 2 aromatic carbocycles. The molecule has 150 valence electrons. The SMILES string of the molecule is O=C(CC1SC(N2CCOCC2)=NC1=O)Nc1ccc(Oc2ccccc2)cc1. The zero-order valence-corrected chi connectivity index (χ0v) is 16.6. The van der Waals surface area contributed by atoms with Gasteiger partial charge in [-0.2, -0.15) is 4.99 Å². The highest BCUT2D eigenvalue weighted by Gasteiger charge is 2.33. The van der Waals surface area contributed by atoms with E-state index in [1.54, 1.807) is 24.3 Å². The number of rotatable bonds is 5. The van der Waals surface area contributed by atoms with E-state index in [0.717, 1.165) is 18.8 Å². The number of hydrogen-bond donors (Lipinski definition) is 1. The molecule has 1 saturated heterocycles. The average molecular weight is 411 g/mol. The second-order valence-corrected chi connectivity index (χ2v) is 7.80. The zero-order valence-electron chi connectivity index (χ0n) is 15.7. The second kappa shape index (κ2) is 9.11. The van der Waals surface area contributed by atoms with Gasteiger partial charge in [-0.05, 0) is 36.4 Å². The summed E-state index contributed by atoms with van der Waals surface area (Å²) in [7, 11) is 0. The molecule has 0 aliphatic carbocycles. The van der Waals surface area contributed by atoms with E-state index in [1.165, 1.54) is 11.8 Å². The van der Waals surface area contributed by atoms with Crippen molar-refractivity contribution in [1.29, 1.82) is 0 Å². The highest BCUT2D eigenvalue weighted by molar-refractivity contribution is 8.15. The highest BCUT2D eigenvalue weighted by Crippen LogP contribution is 2.28. The van der Waals surface area contributed by atoms with E-state index in [2.05, 4.69) is 10.3 Å². The highest BCUT2D eigenvalue weighted by atomic mass is 32.2. The molecule has 1 fully saturated rings. The third kappa shape index (κ3) is 5.16. The molecule has 0 aromatic heterocycles. The van der Waals surface area contributed by atoms with Crippen molar-refractivity contribution < 1.29 is 19.1 Å². The van der Waals surface area contributed by atoms with Gasteiger partial charge in [0.05, 0.1) is 13.2 Å². The van der Waals surface area contributed by atoms with E-state index in [0.29, 0.717) is 29.8 Å². The van der Waals surface area contributed by atoms with Crippen LogP contribution in [0.25, 0.3) is 0 Å². The molecule has 8 heteroatoms. The monoisotopic (exact) mass is 411 g/mol. The molecule has 0 saturated carbocycles. The summed E-state index contributed by atoms with van der Waals surface area (Å²) in [6.45, 7) is 2.69. The lowest BCUT2D eigenvalue weighted by atomic mass is 10.2. The van der Waals surface area contributed by atoms with Gasteiger partial charge in [-0.25, -0.2) is 0 Å². The first-order valence-corrected chi connectivity index (χ1v) is 10.3. The summed E-state index contributed by atoms with van der Waals surface area (Å²) in [5.74, 6) is 0.959. The van der Waals surface area contributed by atoms with Crippen molar-refractivity contribution in [2.75, 3.05) is 31.6 Å². The predicted molar refractivity (Wildman–Crippen MR) is 112 cm³/mol.